The molecule has 7 nitrogen and oxygen atoms in total. The molecule has 0 spiro atoms. The maximum absolute atomic E-state index is 11.3. The molecule has 34 heavy (non-hydrogen) atoms. The molecule has 1 fully saturated rings. The molecule has 2 aromatic rings. The summed E-state index contributed by atoms with van der Waals surface area (Å²) >= 11 is 0. The van der Waals surface area contributed by atoms with E-state index in [1.54, 1.807) is 14.2 Å². The number of benzene rings is 2. The summed E-state index contributed by atoms with van der Waals surface area (Å²) in [7, 11) is 3.27. The molecule has 5 rings (SSSR count). The topological polar surface area (TPSA) is 102 Å². The number of aliphatic hydroxyl groups is 1. The summed E-state index contributed by atoms with van der Waals surface area (Å²) in [6.07, 6.45) is 1.26. The van der Waals surface area contributed by atoms with Gasteiger partial charge in [0, 0.05) is 28.5 Å². The predicted octanol–water partition coefficient (Wildman–Crippen LogP) is 4.48. The second-order valence-corrected chi connectivity index (χ2v) is 9.04. The molecule has 1 heterocycles. The zero-order chi connectivity index (χ0) is 23.9. The Labute approximate surface area is 200 Å². The maximum atomic E-state index is 11.3. The number of carboxylic acids is 1. The number of carboxylic acid groups (broad SMARTS) is 1. The van der Waals surface area contributed by atoms with E-state index in [0.29, 0.717) is 18.8 Å². The van der Waals surface area contributed by atoms with Crippen molar-refractivity contribution in [1.29, 1.82) is 0 Å². The van der Waals surface area contributed by atoms with Gasteiger partial charge in [0.05, 0.1) is 33.2 Å². The lowest BCUT2D eigenvalue weighted by atomic mass is 9.98. The SMILES string of the molecule is C.COc1ccc(C)c2c1CC(CC(=O)O)C2O.COc1ccc(C)c2c1CC1CC(=O)OC21. The molecule has 0 aromatic heterocycles. The molecule has 184 valence electrons. The van der Waals surface area contributed by atoms with Gasteiger partial charge in [0.15, 0.2) is 0 Å². The maximum Gasteiger partial charge on any atom is 0.306 e. The number of ether oxygens (including phenoxy) is 3. The number of methoxy groups -OCH3 is 2. The quantitative estimate of drug-likeness (QED) is 0.635. The van der Waals surface area contributed by atoms with Crippen LogP contribution in [0.2, 0.25) is 0 Å². The Kier molecular flexibility index (Phi) is 7.56. The molecule has 2 aromatic carbocycles. The highest BCUT2D eigenvalue weighted by Crippen LogP contribution is 2.49. The van der Waals surface area contributed by atoms with Gasteiger partial charge in [-0.2, -0.15) is 0 Å². The van der Waals surface area contributed by atoms with Gasteiger partial charge < -0.3 is 24.4 Å². The Morgan fingerprint density at radius 3 is 2.09 bits per heavy atom. The minimum Gasteiger partial charge on any atom is -0.496 e. The Bertz CT molecular complexity index is 1090. The van der Waals surface area contributed by atoms with Crippen LogP contribution in [0.5, 0.6) is 11.5 Å². The van der Waals surface area contributed by atoms with E-state index in [-0.39, 0.29) is 31.8 Å². The third-order valence-electron chi connectivity index (χ3n) is 7.02. The fourth-order valence-corrected chi connectivity index (χ4v) is 5.50. The number of aliphatic hydroxyl groups excluding tert-OH is 1. The number of aryl methyl sites for hydroxylation is 2. The first-order chi connectivity index (χ1) is 15.7. The Hall–Kier alpha value is -3.06. The molecule has 1 aliphatic heterocycles. The lowest BCUT2D eigenvalue weighted by molar-refractivity contribution is -0.142. The molecule has 0 bridgehead atoms. The van der Waals surface area contributed by atoms with Crippen molar-refractivity contribution in [2.24, 2.45) is 11.8 Å². The zero-order valence-corrected chi connectivity index (χ0v) is 19.4. The van der Waals surface area contributed by atoms with Crippen molar-refractivity contribution in [3.8, 4) is 11.5 Å². The van der Waals surface area contributed by atoms with Crippen LogP contribution in [0.3, 0.4) is 0 Å². The van der Waals surface area contributed by atoms with Crippen LogP contribution in [0.1, 0.15) is 65.9 Å². The van der Waals surface area contributed by atoms with Crippen LogP contribution in [0.15, 0.2) is 24.3 Å². The summed E-state index contributed by atoms with van der Waals surface area (Å²) in [5.74, 6) is 0.778. The van der Waals surface area contributed by atoms with Gasteiger partial charge in [0.1, 0.15) is 17.6 Å². The van der Waals surface area contributed by atoms with E-state index in [9.17, 15) is 14.7 Å². The van der Waals surface area contributed by atoms with Crippen LogP contribution in [0.25, 0.3) is 0 Å². The first-order valence-electron chi connectivity index (χ1n) is 11.2. The van der Waals surface area contributed by atoms with Crippen molar-refractivity contribution in [3.05, 3.63) is 57.6 Å². The third kappa shape index (κ3) is 4.49. The normalized spacial score (nSPS) is 23.5. The van der Waals surface area contributed by atoms with E-state index >= 15 is 0 Å². The fraction of sp³-hybridized carbons (Fsp3) is 0.481. The van der Waals surface area contributed by atoms with Crippen molar-refractivity contribution in [1.82, 2.24) is 0 Å². The number of carbonyl (C=O) groups is 2. The number of fused-ring (bicyclic) bond motifs is 4. The average Bonchev–Trinajstić information content (AvgIpc) is 3.40. The lowest BCUT2D eigenvalue weighted by Crippen LogP contribution is -2.12. The number of esters is 1. The second-order valence-electron chi connectivity index (χ2n) is 9.04. The second kappa shape index (κ2) is 10.1. The fourth-order valence-electron chi connectivity index (χ4n) is 5.50. The molecule has 1 saturated heterocycles. The van der Waals surface area contributed by atoms with Crippen LogP contribution < -0.4 is 9.47 Å². The van der Waals surface area contributed by atoms with Crippen molar-refractivity contribution in [3.63, 3.8) is 0 Å². The van der Waals surface area contributed by atoms with E-state index in [1.807, 2.05) is 31.2 Å². The van der Waals surface area contributed by atoms with Crippen molar-refractivity contribution < 1.29 is 34.0 Å². The Morgan fingerprint density at radius 2 is 1.53 bits per heavy atom. The van der Waals surface area contributed by atoms with Crippen molar-refractivity contribution >= 4 is 11.9 Å². The molecule has 2 aliphatic carbocycles. The van der Waals surface area contributed by atoms with E-state index in [4.69, 9.17) is 19.3 Å². The minimum atomic E-state index is -0.876. The molecule has 2 N–H and O–H groups in total. The summed E-state index contributed by atoms with van der Waals surface area (Å²) in [5, 5.41) is 19.0. The largest absolute Gasteiger partial charge is 0.496 e. The summed E-state index contributed by atoms with van der Waals surface area (Å²) < 4.78 is 16.0. The van der Waals surface area contributed by atoms with Crippen LogP contribution in [-0.4, -0.2) is 36.4 Å². The van der Waals surface area contributed by atoms with E-state index in [2.05, 4.69) is 6.92 Å². The van der Waals surface area contributed by atoms with Crippen LogP contribution in [0, 0.1) is 25.7 Å². The van der Waals surface area contributed by atoms with Gasteiger partial charge in [-0.05, 0) is 55.5 Å². The van der Waals surface area contributed by atoms with Crippen molar-refractivity contribution in [2.75, 3.05) is 14.2 Å². The van der Waals surface area contributed by atoms with E-state index in [0.717, 1.165) is 34.6 Å². The molecular formula is C27H34O7. The smallest absolute Gasteiger partial charge is 0.306 e. The van der Waals surface area contributed by atoms with Gasteiger partial charge in [0.2, 0.25) is 0 Å². The molecule has 7 heteroatoms. The van der Waals surface area contributed by atoms with Gasteiger partial charge in [-0.25, -0.2) is 0 Å². The molecule has 0 radical (unpaired) electrons. The lowest BCUT2D eigenvalue weighted by Gasteiger charge is -2.14. The van der Waals surface area contributed by atoms with Crippen molar-refractivity contribution in [2.45, 2.75) is 59.2 Å². The molecule has 4 unspecified atom stereocenters. The number of hydrogen-bond acceptors (Lipinski definition) is 6. The Balaban J connectivity index is 0.000000185. The Morgan fingerprint density at radius 1 is 0.971 bits per heavy atom. The van der Waals surface area contributed by atoms with Gasteiger partial charge in [-0.15, -0.1) is 0 Å². The van der Waals surface area contributed by atoms with Gasteiger partial charge in [-0.3, -0.25) is 9.59 Å². The summed E-state index contributed by atoms with van der Waals surface area (Å²) in [6.45, 7) is 3.98. The molecule has 3 aliphatic rings. The molecule has 0 saturated carbocycles. The molecule has 4 atom stereocenters. The standard InChI is InChI=1S/C13H16O4.C13H14O3.CH4/c1-7-3-4-10(17-2)9-5-8(6-11(14)15)13(16)12(7)9;1-7-3-4-10(15-2)9-5-8-6-11(14)16-13(8)12(7)9;/h3-4,8,13,16H,5-6H2,1-2H3,(H,14,15);3-4,8,13H,5-6H2,1-2H3;1H4. The number of carbonyl (C=O) groups excluding carboxylic acids is 1. The summed E-state index contributed by atoms with van der Waals surface area (Å²) in [6, 6.07) is 7.79. The highest BCUT2D eigenvalue weighted by Gasteiger charge is 2.44. The van der Waals surface area contributed by atoms with Crippen LogP contribution >= 0.6 is 0 Å². The number of rotatable bonds is 4. The van der Waals surface area contributed by atoms with Gasteiger partial charge >= 0.3 is 11.9 Å². The first-order valence-corrected chi connectivity index (χ1v) is 11.2. The highest BCUT2D eigenvalue weighted by molar-refractivity contribution is 5.74. The summed E-state index contributed by atoms with van der Waals surface area (Å²) in [4.78, 5) is 22.0. The van der Waals surface area contributed by atoms with Gasteiger partial charge in [-0.1, -0.05) is 19.6 Å². The first kappa shape index (κ1) is 25.6. The third-order valence-corrected chi connectivity index (χ3v) is 7.02. The average molecular weight is 471 g/mol. The highest BCUT2D eigenvalue weighted by atomic mass is 16.6. The van der Waals surface area contributed by atoms with Gasteiger partial charge in [0.25, 0.3) is 0 Å². The monoisotopic (exact) mass is 470 g/mol. The zero-order valence-electron chi connectivity index (χ0n) is 19.4. The molecular weight excluding hydrogens is 436 g/mol. The van der Waals surface area contributed by atoms with E-state index < -0.39 is 12.1 Å². The molecule has 0 amide bonds. The van der Waals surface area contributed by atoms with Crippen LogP contribution in [0.4, 0.5) is 0 Å². The number of aliphatic carboxylic acids is 1. The number of hydrogen-bond donors (Lipinski definition) is 2. The predicted molar refractivity (Wildman–Crippen MR) is 127 cm³/mol. The van der Waals surface area contributed by atoms with E-state index in [1.165, 1.54) is 16.7 Å². The minimum absolute atomic E-state index is 0. The summed E-state index contributed by atoms with van der Waals surface area (Å²) in [5.41, 5.74) is 6.38. The van der Waals surface area contributed by atoms with Crippen LogP contribution in [-0.2, 0) is 27.2 Å².